The van der Waals surface area contributed by atoms with Gasteiger partial charge in [0.2, 0.25) is 0 Å². The summed E-state index contributed by atoms with van der Waals surface area (Å²) in [6.07, 6.45) is 14.9. The molecule has 4 nitrogen and oxygen atoms in total. The van der Waals surface area contributed by atoms with Gasteiger partial charge in [-0.2, -0.15) is 0 Å². The van der Waals surface area contributed by atoms with Crippen LogP contribution in [0.25, 0.3) is 0 Å². The third kappa shape index (κ3) is 5.69. The zero-order valence-electron chi connectivity index (χ0n) is 17.9. The number of likely N-dealkylation sites (N-methyl/N-ethyl adjacent to an activating group) is 1. The summed E-state index contributed by atoms with van der Waals surface area (Å²) in [4.78, 5) is 7.42. The van der Waals surface area contributed by atoms with Gasteiger partial charge in [0.15, 0.2) is 0 Å². The minimum atomic E-state index is -0.0675. The Balaban J connectivity index is 1.45. The summed E-state index contributed by atoms with van der Waals surface area (Å²) in [6.45, 7) is 4.02. The number of aliphatic hydroxyl groups excluding tert-OH is 1. The van der Waals surface area contributed by atoms with Gasteiger partial charge in [0.25, 0.3) is 0 Å². The van der Waals surface area contributed by atoms with E-state index in [1.165, 1.54) is 44.9 Å². The second-order valence-electron chi connectivity index (χ2n) is 9.91. The average Bonchev–Trinajstić information content (AvgIpc) is 2.98. The number of hydrogen-bond acceptors (Lipinski definition) is 4. The number of nitrogens with zero attached hydrogens (tertiary/aromatic N) is 2. The highest BCUT2D eigenvalue weighted by atomic mass is 16.6. The van der Waals surface area contributed by atoms with Gasteiger partial charge in [0.1, 0.15) is 6.61 Å². The smallest absolute Gasteiger partial charge is 0.129 e. The van der Waals surface area contributed by atoms with Crippen molar-refractivity contribution >= 4 is 6.21 Å². The van der Waals surface area contributed by atoms with Gasteiger partial charge in [-0.3, -0.25) is 0 Å². The SMILES string of the molecule is CC1C[C@H](C2CCCCC2)C[C@@H]2C(O)C[C@H](CC/C=N/OCCN(C)C)[C@@H]12. The fourth-order valence-electron chi connectivity index (χ4n) is 6.50. The first-order valence-electron chi connectivity index (χ1n) is 11.5. The van der Waals surface area contributed by atoms with E-state index in [2.05, 4.69) is 17.0 Å². The maximum Gasteiger partial charge on any atom is 0.129 e. The standard InChI is InChI=1S/C23H42N2O2/c1-17-14-20(18-8-5-4-6-9-18)15-21-22(26)16-19(23(17)21)10-7-11-24-27-13-12-25(2)3/h11,17-23,26H,4-10,12-16H2,1-3H3/b24-11+/t17?,19-,20-,21+,22?,23+/m0/s1. The quantitative estimate of drug-likeness (QED) is 0.382. The lowest BCUT2D eigenvalue weighted by molar-refractivity contribution is 0.0224. The summed E-state index contributed by atoms with van der Waals surface area (Å²) in [5.74, 6) is 4.54. The monoisotopic (exact) mass is 378 g/mol. The number of fused-ring (bicyclic) bond motifs is 1. The molecule has 1 N–H and O–H groups in total. The van der Waals surface area contributed by atoms with Crippen molar-refractivity contribution in [3.05, 3.63) is 0 Å². The molecule has 0 aliphatic heterocycles. The van der Waals surface area contributed by atoms with Gasteiger partial charge in [-0.15, -0.1) is 0 Å². The van der Waals surface area contributed by atoms with Crippen LogP contribution in [0.15, 0.2) is 5.16 Å². The lowest BCUT2D eigenvalue weighted by Crippen LogP contribution is -2.37. The van der Waals surface area contributed by atoms with Crippen LogP contribution in [0.5, 0.6) is 0 Å². The van der Waals surface area contributed by atoms with E-state index in [0.29, 0.717) is 18.4 Å². The van der Waals surface area contributed by atoms with E-state index in [0.717, 1.165) is 49.5 Å². The van der Waals surface area contributed by atoms with E-state index >= 15 is 0 Å². The summed E-state index contributed by atoms with van der Waals surface area (Å²) in [5, 5.41) is 14.9. The molecule has 0 aromatic heterocycles. The first kappa shape index (κ1) is 21.1. The Morgan fingerprint density at radius 2 is 1.85 bits per heavy atom. The zero-order chi connectivity index (χ0) is 19.2. The molecule has 0 spiro atoms. The normalized spacial score (nSPS) is 37.8. The average molecular weight is 379 g/mol. The van der Waals surface area contributed by atoms with Gasteiger partial charge in [-0.05, 0) is 81.7 Å². The van der Waals surface area contributed by atoms with E-state index in [4.69, 9.17) is 4.84 Å². The van der Waals surface area contributed by atoms with Crippen LogP contribution in [0, 0.1) is 35.5 Å². The Kier molecular flexibility index (Phi) is 8.01. The fourth-order valence-corrected chi connectivity index (χ4v) is 6.50. The summed E-state index contributed by atoms with van der Waals surface area (Å²) >= 11 is 0. The first-order chi connectivity index (χ1) is 13.1. The Bertz CT molecular complexity index is 461. The van der Waals surface area contributed by atoms with Gasteiger partial charge < -0.3 is 14.8 Å². The maximum absolute atomic E-state index is 10.8. The van der Waals surface area contributed by atoms with Crippen molar-refractivity contribution in [1.29, 1.82) is 0 Å². The summed E-state index contributed by atoms with van der Waals surface area (Å²) in [7, 11) is 4.08. The molecule has 3 aliphatic carbocycles. The molecule has 3 fully saturated rings. The van der Waals surface area contributed by atoms with Gasteiger partial charge in [0.05, 0.1) is 6.10 Å². The molecule has 0 aromatic rings. The molecule has 156 valence electrons. The van der Waals surface area contributed by atoms with Gasteiger partial charge in [-0.25, -0.2) is 0 Å². The summed E-state index contributed by atoms with van der Waals surface area (Å²) in [6, 6.07) is 0. The number of hydrogen-bond donors (Lipinski definition) is 1. The number of rotatable bonds is 8. The molecule has 0 heterocycles. The van der Waals surface area contributed by atoms with Crippen LogP contribution in [0.3, 0.4) is 0 Å². The molecule has 3 saturated carbocycles. The maximum atomic E-state index is 10.8. The molecular formula is C23H42N2O2. The number of aliphatic hydroxyl groups is 1. The lowest BCUT2D eigenvalue weighted by atomic mass is 9.62. The minimum Gasteiger partial charge on any atom is -0.395 e. The Labute approximate surface area is 166 Å². The zero-order valence-corrected chi connectivity index (χ0v) is 17.9. The van der Waals surface area contributed by atoms with Crippen LogP contribution >= 0.6 is 0 Å². The van der Waals surface area contributed by atoms with Gasteiger partial charge >= 0.3 is 0 Å². The van der Waals surface area contributed by atoms with Crippen LogP contribution in [0.4, 0.5) is 0 Å². The van der Waals surface area contributed by atoms with E-state index in [9.17, 15) is 5.11 Å². The first-order valence-corrected chi connectivity index (χ1v) is 11.5. The van der Waals surface area contributed by atoms with Gasteiger partial charge in [0, 0.05) is 12.8 Å². The van der Waals surface area contributed by atoms with E-state index in [1.54, 1.807) is 0 Å². The van der Waals surface area contributed by atoms with Crippen LogP contribution in [-0.4, -0.2) is 49.6 Å². The van der Waals surface area contributed by atoms with Crippen molar-refractivity contribution in [3.63, 3.8) is 0 Å². The van der Waals surface area contributed by atoms with Crippen molar-refractivity contribution < 1.29 is 9.94 Å². The molecule has 3 aliphatic rings. The molecule has 0 amide bonds. The van der Waals surface area contributed by atoms with Crippen LogP contribution in [0.1, 0.15) is 71.1 Å². The Morgan fingerprint density at radius 3 is 2.59 bits per heavy atom. The topological polar surface area (TPSA) is 45.1 Å². The fraction of sp³-hybridized carbons (Fsp3) is 0.957. The molecular weight excluding hydrogens is 336 g/mol. The van der Waals surface area contributed by atoms with Crippen LogP contribution in [-0.2, 0) is 4.84 Å². The van der Waals surface area contributed by atoms with E-state index in [1.807, 2.05) is 20.3 Å². The molecule has 4 heteroatoms. The minimum absolute atomic E-state index is 0.0675. The Hall–Kier alpha value is -0.610. The van der Waals surface area contributed by atoms with Crippen molar-refractivity contribution in [2.24, 2.45) is 40.7 Å². The van der Waals surface area contributed by atoms with Gasteiger partial charge in [-0.1, -0.05) is 44.2 Å². The summed E-state index contributed by atoms with van der Waals surface area (Å²) < 4.78 is 0. The van der Waals surface area contributed by atoms with E-state index in [-0.39, 0.29) is 6.10 Å². The van der Waals surface area contributed by atoms with Crippen LogP contribution < -0.4 is 0 Å². The van der Waals surface area contributed by atoms with Crippen molar-refractivity contribution in [3.8, 4) is 0 Å². The highest BCUT2D eigenvalue weighted by Gasteiger charge is 2.49. The molecule has 0 saturated heterocycles. The summed E-state index contributed by atoms with van der Waals surface area (Å²) in [5.41, 5.74) is 0. The number of oxime groups is 1. The third-order valence-electron chi connectivity index (χ3n) is 7.75. The van der Waals surface area contributed by atoms with Crippen molar-refractivity contribution in [2.75, 3.05) is 27.2 Å². The predicted octanol–water partition coefficient (Wildman–Crippen LogP) is 4.57. The molecule has 6 atom stereocenters. The van der Waals surface area contributed by atoms with E-state index < -0.39 is 0 Å². The van der Waals surface area contributed by atoms with Crippen molar-refractivity contribution in [1.82, 2.24) is 4.90 Å². The largest absolute Gasteiger partial charge is 0.395 e. The Morgan fingerprint density at radius 1 is 1.07 bits per heavy atom. The lowest BCUT2D eigenvalue weighted by Gasteiger charge is -2.43. The highest BCUT2D eigenvalue weighted by molar-refractivity contribution is 5.56. The highest BCUT2D eigenvalue weighted by Crippen LogP contribution is 2.54. The molecule has 3 rings (SSSR count). The molecule has 2 unspecified atom stereocenters. The third-order valence-corrected chi connectivity index (χ3v) is 7.75. The molecule has 0 bridgehead atoms. The van der Waals surface area contributed by atoms with Crippen LogP contribution in [0.2, 0.25) is 0 Å². The second-order valence-corrected chi connectivity index (χ2v) is 9.91. The second kappa shape index (κ2) is 10.2. The molecule has 0 radical (unpaired) electrons. The molecule has 0 aromatic carbocycles. The van der Waals surface area contributed by atoms with Crippen molar-refractivity contribution in [2.45, 2.75) is 77.2 Å². The predicted molar refractivity (Wildman–Crippen MR) is 112 cm³/mol. The molecule has 27 heavy (non-hydrogen) atoms.